The number of H-pyrrole nitrogens is 1. The Morgan fingerprint density at radius 1 is 1.25 bits per heavy atom. The van der Waals surface area contributed by atoms with Crippen molar-refractivity contribution in [3.05, 3.63) is 33.1 Å². The molecule has 0 aliphatic rings. The Bertz CT molecular complexity index is 575. The molecule has 0 atom stereocenters. The number of aromatic amines is 1. The van der Waals surface area contributed by atoms with Crippen LogP contribution in [0.2, 0.25) is 0 Å². The normalized spacial score (nSPS) is 10.2. The van der Waals surface area contributed by atoms with Crippen LogP contribution in [0.5, 0.6) is 0 Å². The van der Waals surface area contributed by atoms with E-state index in [9.17, 15) is 19.2 Å². The number of unbranched alkanes of at least 4 members (excludes halogenated alkanes) is 2. The highest BCUT2D eigenvalue weighted by Crippen LogP contribution is 1.98. The van der Waals surface area contributed by atoms with Gasteiger partial charge in [0.05, 0.1) is 0 Å². The van der Waals surface area contributed by atoms with E-state index < -0.39 is 17.2 Å². The number of carbonyl (C=O) groups is 2. The summed E-state index contributed by atoms with van der Waals surface area (Å²) in [6, 6.07) is 1.17. The number of amides is 1. The molecule has 0 aliphatic heterocycles. The maximum absolute atomic E-state index is 11.5. The number of carbonyl (C=O) groups excluding carboxylic acids is 1. The summed E-state index contributed by atoms with van der Waals surface area (Å²) in [7, 11) is 0. The minimum absolute atomic E-state index is 0.126. The van der Waals surface area contributed by atoms with E-state index in [1.54, 1.807) is 0 Å². The molecule has 110 valence electrons. The molecule has 0 aliphatic carbocycles. The third-order valence-electron chi connectivity index (χ3n) is 2.60. The molecule has 3 N–H and O–H groups in total. The standard InChI is InChI=1S/C12H17N3O5/c16-9-5-7-15(12(20)14-9)8-10(17)13-6-3-1-2-4-11(18)19/h5,7H,1-4,6,8H2,(H,13,17)(H,18,19)(H,14,16,20). The van der Waals surface area contributed by atoms with Gasteiger partial charge in [0.1, 0.15) is 6.54 Å². The predicted octanol–water partition coefficient (Wildman–Crippen LogP) is -0.702. The molecule has 0 saturated heterocycles. The van der Waals surface area contributed by atoms with Gasteiger partial charge < -0.3 is 10.4 Å². The molecule has 1 aromatic rings. The summed E-state index contributed by atoms with van der Waals surface area (Å²) >= 11 is 0. The highest BCUT2D eigenvalue weighted by atomic mass is 16.4. The van der Waals surface area contributed by atoms with Crippen LogP contribution in [0.4, 0.5) is 0 Å². The van der Waals surface area contributed by atoms with Gasteiger partial charge in [0.15, 0.2) is 0 Å². The van der Waals surface area contributed by atoms with E-state index >= 15 is 0 Å². The molecule has 0 unspecified atom stereocenters. The fourth-order valence-electron chi connectivity index (χ4n) is 1.59. The average molecular weight is 283 g/mol. The van der Waals surface area contributed by atoms with E-state index in [-0.39, 0.29) is 18.9 Å². The van der Waals surface area contributed by atoms with Gasteiger partial charge in [-0.15, -0.1) is 0 Å². The Morgan fingerprint density at radius 2 is 2.00 bits per heavy atom. The molecule has 0 spiro atoms. The molecular weight excluding hydrogens is 266 g/mol. The van der Waals surface area contributed by atoms with Crippen molar-refractivity contribution in [2.24, 2.45) is 0 Å². The quantitative estimate of drug-likeness (QED) is 0.544. The van der Waals surface area contributed by atoms with E-state index in [1.807, 2.05) is 0 Å². The maximum Gasteiger partial charge on any atom is 0.328 e. The van der Waals surface area contributed by atoms with Gasteiger partial charge in [-0.05, 0) is 12.8 Å². The molecule has 0 bridgehead atoms. The minimum Gasteiger partial charge on any atom is -0.481 e. The summed E-state index contributed by atoms with van der Waals surface area (Å²) in [5.41, 5.74) is -1.14. The van der Waals surface area contributed by atoms with Gasteiger partial charge in [0.25, 0.3) is 5.56 Å². The number of hydrogen-bond acceptors (Lipinski definition) is 4. The Labute approximate surface area is 114 Å². The first kappa shape index (κ1) is 15.7. The van der Waals surface area contributed by atoms with Gasteiger partial charge in [-0.2, -0.15) is 0 Å². The first-order chi connectivity index (χ1) is 9.49. The zero-order valence-corrected chi connectivity index (χ0v) is 10.9. The van der Waals surface area contributed by atoms with E-state index in [2.05, 4.69) is 10.3 Å². The van der Waals surface area contributed by atoms with E-state index in [0.29, 0.717) is 25.8 Å². The maximum atomic E-state index is 11.5. The van der Waals surface area contributed by atoms with Gasteiger partial charge in [-0.1, -0.05) is 6.42 Å². The number of nitrogens with one attached hydrogen (secondary N) is 2. The zero-order valence-electron chi connectivity index (χ0n) is 10.9. The molecule has 1 rings (SSSR count). The number of carboxylic acids is 1. The van der Waals surface area contributed by atoms with Crippen molar-refractivity contribution in [3.63, 3.8) is 0 Å². The van der Waals surface area contributed by atoms with Crippen molar-refractivity contribution >= 4 is 11.9 Å². The SMILES string of the molecule is O=C(O)CCCCCNC(=O)Cn1ccc(=O)[nH]c1=O. The molecule has 8 heteroatoms. The lowest BCUT2D eigenvalue weighted by atomic mass is 10.2. The van der Waals surface area contributed by atoms with Gasteiger partial charge in [0, 0.05) is 25.2 Å². The monoisotopic (exact) mass is 283 g/mol. The van der Waals surface area contributed by atoms with Crippen molar-refractivity contribution in [2.45, 2.75) is 32.2 Å². The molecule has 1 aromatic heterocycles. The summed E-state index contributed by atoms with van der Waals surface area (Å²) < 4.78 is 1.10. The minimum atomic E-state index is -0.827. The highest BCUT2D eigenvalue weighted by molar-refractivity contribution is 5.75. The van der Waals surface area contributed by atoms with Crippen LogP contribution in [-0.4, -0.2) is 33.1 Å². The zero-order chi connectivity index (χ0) is 15.0. The molecule has 0 aromatic carbocycles. The molecule has 1 heterocycles. The highest BCUT2D eigenvalue weighted by Gasteiger charge is 2.04. The first-order valence-corrected chi connectivity index (χ1v) is 6.27. The lowest BCUT2D eigenvalue weighted by Gasteiger charge is -2.06. The summed E-state index contributed by atoms with van der Waals surface area (Å²) in [5.74, 6) is -1.16. The lowest BCUT2D eigenvalue weighted by molar-refractivity contribution is -0.137. The summed E-state index contributed by atoms with van der Waals surface area (Å²) in [6.45, 7) is 0.265. The van der Waals surface area contributed by atoms with Crippen molar-refractivity contribution in [3.8, 4) is 0 Å². The smallest absolute Gasteiger partial charge is 0.328 e. The van der Waals surface area contributed by atoms with E-state index in [0.717, 1.165) is 4.57 Å². The molecule has 0 fully saturated rings. The fourth-order valence-corrected chi connectivity index (χ4v) is 1.59. The Hall–Kier alpha value is -2.38. The lowest BCUT2D eigenvalue weighted by Crippen LogP contribution is -2.35. The molecular formula is C12H17N3O5. The van der Waals surface area contributed by atoms with Crippen molar-refractivity contribution < 1.29 is 14.7 Å². The third kappa shape index (κ3) is 5.98. The largest absolute Gasteiger partial charge is 0.481 e. The molecule has 0 radical (unpaired) electrons. The summed E-state index contributed by atoms with van der Waals surface area (Å²) in [5, 5.41) is 11.1. The van der Waals surface area contributed by atoms with Crippen LogP contribution >= 0.6 is 0 Å². The first-order valence-electron chi connectivity index (χ1n) is 6.27. The Kier molecular flexibility index (Phi) is 6.21. The van der Waals surface area contributed by atoms with E-state index in [1.165, 1.54) is 12.3 Å². The van der Waals surface area contributed by atoms with Crippen molar-refractivity contribution in [1.82, 2.24) is 14.9 Å². The predicted molar refractivity (Wildman–Crippen MR) is 70.4 cm³/mol. The average Bonchev–Trinajstić information content (AvgIpc) is 2.36. The van der Waals surface area contributed by atoms with Crippen molar-refractivity contribution in [2.75, 3.05) is 6.54 Å². The number of rotatable bonds is 8. The second kappa shape index (κ2) is 7.93. The van der Waals surface area contributed by atoms with E-state index in [4.69, 9.17) is 5.11 Å². The van der Waals surface area contributed by atoms with Crippen LogP contribution in [0.15, 0.2) is 21.9 Å². The summed E-state index contributed by atoms with van der Waals surface area (Å²) in [4.78, 5) is 46.0. The van der Waals surface area contributed by atoms with Gasteiger partial charge in [-0.25, -0.2) is 4.79 Å². The van der Waals surface area contributed by atoms with Crippen LogP contribution in [-0.2, 0) is 16.1 Å². The van der Waals surface area contributed by atoms with Crippen LogP contribution in [0, 0.1) is 0 Å². The third-order valence-corrected chi connectivity index (χ3v) is 2.60. The molecule has 1 amide bonds. The molecule has 0 saturated carbocycles. The van der Waals surface area contributed by atoms with Crippen molar-refractivity contribution in [1.29, 1.82) is 0 Å². The van der Waals surface area contributed by atoms with Crippen LogP contribution in [0.1, 0.15) is 25.7 Å². The van der Waals surface area contributed by atoms with Crippen LogP contribution in [0.25, 0.3) is 0 Å². The second-order valence-corrected chi connectivity index (χ2v) is 4.29. The van der Waals surface area contributed by atoms with Gasteiger partial charge in [0.2, 0.25) is 5.91 Å². The topological polar surface area (TPSA) is 121 Å². The fraction of sp³-hybridized carbons (Fsp3) is 0.500. The Balaban J connectivity index is 2.25. The summed E-state index contributed by atoms with van der Waals surface area (Å²) in [6.07, 6.45) is 3.35. The molecule has 8 nitrogen and oxygen atoms in total. The second-order valence-electron chi connectivity index (χ2n) is 4.29. The number of nitrogens with zero attached hydrogens (tertiary/aromatic N) is 1. The molecule has 20 heavy (non-hydrogen) atoms. The Morgan fingerprint density at radius 3 is 2.65 bits per heavy atom. The number of aromatic nitrogens is 2. The number of aliphatic carboxylic acids is 1. The number of carboxylic acid groups (broad SMARTS) is 1. The van der Waals surface area contributed by atoms with Gasteiger partial charge in [-0.3, -0.25) is 23.9 Å². The van der Waals surface area contributed by atoms with Crippen LogP contribution in [0.3, 0.4) is 0 Å². The number of hydrogen-bond donors (Lipinski definition) is 3. The van der Waals surface area contributed by atoms with Crippen LogP contribution < -0.4 is 16.6 Å². The van der Waals surface area contributed by atoms with Gasteiger partial charge >= 0.3 is 11.7 Å².